The van der Waals surface area contributed by atoms with Gasteiger partial charge in [0.1, 0.15) is 5.82 Å². The fourth-order valence-electron chi connectivity index (χ4n) is 3.33. The van der Waals surface area contributed by atoms with Gasteiger partial charge in [-0.1, -0.05) is 11.6 Å². The standard InChI is InChI=1S/C17H21ClFN3O4S/c18-12-1-2-15(19)14(9-12)17(24)22-6-4-21(5-7-22)10-16(23)20-13-3-8-27(25,26)11-13/h1-2,9,13H,3-8,10-11H2,(H,20,23). The Morgan fingerprint density at radius 3 is 2.56 bits per heavy atom. The van der Waals surface area contributed by atoms with Gasteiger partial charge in [-0.2, -0.15) is 0 Å². The number of carbonyl (C=O) groups is 2. The van der Waals surface area contributed by atoms with Gasteiger partial charge < -0.3 is 10.2 Å². The molecule has 2 heterocycles. The van der Waals surface area contributed by atoms with E-state index in [1.54, 1.807) is 0 Å². The maximum atomic E-state index is 13.9. The van der Waals surface area contributed by atoms with Crippen LogP contribution in [0.25, 0.3) is 0 Å². The molecule has 0 spiro atoms. The molecular weight excluding hydrogens is 397 g/mol. The summed E-state index contributed by atoms with van der Waals surface area (Å²) >= 11 is 5.84. The summed E-state index contributed by atoms with van der Waals surface area (Å²) in [5.74, 6) is -1.16. The Bertz CT molecular complexity index is 841. The number of nitrogens with one attached hydrogen (secondary N) is 1. The first kappa shape index (κ1) is 20.0. The third kappa shape index (κ3) is 5.18. The molecule has 2 aliphatic heterocycles. The zero-order valence-electron chi connectivity index (χ0n) is 14.7. The zero-order chi connectivity index (χ0) is 19.6. The minimum atomic E-state index is -3.04. The number of benzene rings is 1. The molecule has 1 unspecified atom stereocenters. The van der Waals surface area contributed by atoms with Gasteiger partial charge in [0.05, 0.1) is 23.6 Å². The first-order chi connectivity index (χ1) is 12.7. The number of hydrogen-bond donors (Lipinski definition) is 1. The summed E-state index contributed by atoms with van der Waals surface area (Å²) in [6, 6.07) is 3.55. The van der Waals surface area contributed by atoms with Gasteiger partial charge in [-0.25, -0.2) is 12.8 Å². The van der Waals surface area contributed by atoms with Crippen LogP contribution in [0.3, 0.4) is 0 Å². The lowest BCUT2D eigenvalue weighted by atomic mass is 10.1. The molecule has 0 aromatic heterocycles. The minimum Gasteiger partial charge on any atom is -0.351 e. The van der Waals surface area contributed by atoms with Crippen LogP contribution in [0.1, 0.15) is 16.8 Å². The number of carbonyl (C=O) groups excluding carboxylic acids is 2. The molecular formula is C17H21ClFN3O4S. The van der Waals surface area contributed by atoms with Crippen LogP contribution in [0, 0.1) is 5.82 Å². The van der Waals surface area contributed by atoms with Gasteiger partial charge in [-0.15, -0.1) is 0 Å². The first-order valence-electron chi connectivity index (χ1n) is 8.70. The van der Waals surface area contributed by atoms with Gasteiger partial charge in [0.25, 0.3) is 5.91 Å². The van der Waals surface area contributed by atoms with Gasteiger partial charge in [-0.3, -0.25) is 14.5 Å². The molecule has 148 valence electrons. The lowest BCUT2D eigenvalue weighted by molar-refractivity contribution is -0.123. The van der Waals surface area contributed by atoms with E-state index in [-0.39, 0.29) is 35.6 Å². The van der Waals surface area contributed by atoms with E-state index >= 15 is 0 Å². The van der Waals surface area contributed by atoms with Gasteiger partial charge in [0.2, 0.25) is 5.91 Å². The molecule has 3 rings (SSSR count). The van der Waals surface area contributed by atoms with E-state index in [2.05, 4.69) is 5.32 Å². The molecule has 0 aliphatic carbocycles. The SMILES string of the molecule is O=C(CN1CCN(C(=O)c2cc(Cl)ccc2F)CC1)NC1CCS(=O)(=O)C1. The van der Waals surface area contributed by atoms with E-state index in [1.807, 2.05) is 4.90 Å². The molecule has 27 heavy (non-hydrogen) atoms. The highest BCUT2D eigenvalue weighted by Gasteiger charge is 2.30. The summed E-state index contributed by atoms with van der Waals surface area (Å²) in [6.07, 6.45) is 0.446. The second kappa shape index (κ2) is 8.12. The quantitative estimate of drug-likeness (QED) is 0.772. The smallest absolute Gasteiger partial charge is 0.256 e. The summed E-state index contributed by atoms with van der Waals surface area (Å²) in [5, 5.41) is 3.05. The predicted molar refractivity (Wildman–Crippen MR) is 99.0 cm³/mol. The second-order valence-electron chi connectivity index (χ2n) is 6.86. The number of nitrogens with zero attached hydrogens (tertiary/aromatic N) is 2. The molecule has 0 bridgehead atoms. The highest BCUT2D eigenvalue weighted by molar-refractivity contribution is 7.91. The Labute approximate surface area is 162 Å². The second-order valence-corrected chi connectivity index (χ2v) is 9.53. The maximum absolute atomic E-state index is 13.9. The molecule has 2 amide bonds. The van der Waals surface area contributed by atoms with Crippen molar-refractivity contribution in [2.24, 2.45) is 0 Å². The number of halogens is 2. The van der Waals surface area contributed by atoms with E-state index in [4.69, 9.17) is 11.6 Å². The third-order valence-corrected chi connectivity index (χ3v) is 6.79. The minimum absolute atomic E-state index is 0.00772. The normalized spacial score (nSPS) is 22.6. The zero-order valence-corrected chi connectivity index (χ0v) is 16.2. The fraction of sp³-hybridized carbons (Fsp3) is 0.529. The van der Waals surface area contributed by atoms with Crippen LogP contribution in [-0.2, 0) is 14.6 Å². The van der Waals surface area contributed by atoms with Crippen molar-refractivity contribution in [1.82, 2.24) is 15.1 Å². The van der Waals surface area contributed by atoms with Crippen molar-refractivity contribution < 1.29 is 22.4 Å². The largest absolute Gasteiger partial charge is 0.351 e. The average Bonchev–Trinajstić information content (AvgIpc) is 2.95. The van der Waals surface area contributed by atoms with Crippen molar-refractivity contribution in [3.63, 3.8) is 0 Å². The van der Waals surface area contributed by atoms with Crippen molar-refractivity contribution in [3.05, 3.63) is 34.6 Å². The number of hydrogen-bond acceptors (Lipinski definition) is 5. The van der Waals surface area contributed by atoms with E-state index in [9.17, 15) is 22.4 Å². The number of amides is 2. The lowest BCUT2D eigenvalue weighted by Gasteiger charge is -2.34. The summed E-state index contributed by atoms with van der Waals surface area (Å²) in [4.78, 5) is 28.0. The van der Waals surface area contributed by atoms with Crippen LogP contribution >= 0.6 is 11.6 Å². The Kier molecular flexibility index (Phi) is 6.02. The monoisotopic (exact) mass is 417 g/mol. The third-order valence-electron chi connectivity index (χ3n) is 4.78. The molecule has 2 saturated heterocycles. The van der Waals surface area contributed by atoms with Crippen molar-refractivity contribution >= 4 is 33.3 Å². The molecule has 2 fully saturated rings. The first-order valence-corrected chi connectivity index (χ1v) is 10.9. The van der Waals surface area contributed by atoms with Crippen LogP contribution in [0.2, 0.25) is 5.02 Å². The summed E-state index contributed by atoms with van der Waals surface area (Å²) < 4.78 is 36.7. The van der Waals surface area contributed by atoms with Crippen molar-refractivity contribution in [3.8, 4) is 0 Å². The van der Waals surface area contributed by atoms with Crippen LogP contribution in [-0.4, -0.2) is 80.3 Å². The van der Waals surface area contributed by atoms with Gasteiger partial charge in [0, 0.05) is 37.2 Å². The van der Waals surface area contributed by atoms with E-state index in [0.717, 1.165) is 0 Å². The van der Waals surface area contributed by atoms with Gasteiger partial charge >= 0.3 is 0 Å². The number of piperazine rings is 1. The highest BCUT2D eigenvalue weighted by Crippen LogP contribution is 2.18. The summed E-state index contributed by atoms with van der Waals surface area (Å²) in [7, 11) is -3.04. The van der Waals surface area contributed by atoms with E-state index in [1.165, 1.54) is 23.1 Å². The molecule has 1 aromatic carbocycles. The Morgan fingerprint density at radius 2 is 1.93 bits per heavy atom. The van der Waals surface area contributed by atoms with Crippen LogP contribution in [0.15, 0.2) is 18.2 Å². The average molecular weight is 418 g/mol. The number of rotatable bonds is 4. The topological polar surface area (TPSA) is 86.8 Å². The summed E-state index contributed by atoms with van der Waals surface area (Å²) in [5.41, 5.74) is -0.0591. The molecule has 2 aliphatic rings. The Balaban J connectivity index is 1.48. The highest BCUT2D eigenvalue weighted by atomic mass is 35.5. The van der Waals surface area contributed by atoms with Crippen LogP contribution in [0.4, 0.5) is 4.39 Å². The molecule has 7 nitrogen and oxygen atoms in total. The molecule has 0 saturated carbocycles. The summed E-state index contributed by atoms with van der Waals surface area (Å²) in [6.45, 7) is 1.84. The Morgan fingerprint density at radius 1 is 1.22 bits per heavy atom. The van der Waals surface area contributed by atoms with E-state index < -0.39 is 21.6 Å². The predicted octanol–water partition coefficient (Wildman–Crippen LogP) is 0.540. The van der Waals surface area contributed by atoms with E-state index in [0.29, 0.717) is 37.6 Å². The molecule has 1 aromatic rings. The van der Waals surface area contributed by atoms with Gasteiger partial charge in [-0.05, 0) is 24.6 Å². The Hall–Kier alpha value is -1.71. The van der Waals surface area contributed by atoms with Crippen molar-refractivity contribution in [2.45, 2.75) is 12.5 Å². The van der Waals surface area contributed by atoms with Crippen molar-refractivity contribution in [1.29, 1.82) is 0 Å². The maximum Gasteiger partial charge on any atom is 0.256 e. The number of sulfone groups is 1. The molecule has 1 atom stereocenters. The fourth-order valence-corrected chi connectivity index (χ4v) is 5.17. The van der Waals surface area contributed by atoms with Crippen molar-refractivity contribution in [2.75, 3.05) is 44.2 Å². The van der Waals surface area contributed by atoms with Gasteiger partial charge in [0.15, 0.2) is 9.84 Å². The molecule has 10 heteroatoms. The molecule has 0 radical (unpaired) electrons. The lowest BCUT2D eigenvalue weighted by Crippen LogP contribution is -2.52. The van der Waals surface area contributed by atoms with Crippen LogP contribution < -0.4 is 5.32 Å². The molecule has 1 N–H and O–H groups in total. The van der Waals surface area contributed by atoms with Crippen LogP contribution in [0.5, 0.6) is 0 Å².